The van der Waals surface area contributed by atoms with Crippen LogP contribution in [0.15, 0.2) is 109 Å². The van der Waals surface area contributed by atoms with Gasteiger partial charge in [0.25, 0.3) is 0 Å². The van der Waals surface area contributed by atoms with Gasteiger partial charge in [-0.05, 0) is 64.1 Å². The van der Waals surface area contributed by atoms with Gasteiger partial charge >= 0.3 is 67.3 Å². The molecule has 0 unspecified atom stereocenters. The minimum Gasteiger partial charge on any atom is -0.748 e. The molecule has 4 aromatic rings. The van der Waals surface area contributed by atoms with Crippen LogP contribution in [0.25, 0.3) is 11.1 Å². The van der Waals surface area contributed by atoms with Crippen molar-refractivity contribution in [2.45, 2.75) is 20.3 Å². The monoisotopic (exact) mass is 670 g/mol. The SMILES string of the molecule is C.O=S(=O)([O-])CCCOc1ccc(/C(=C(\c2ccccc2)c2ccc(OCCC[NH2+][O-])cc2)c2ccccc2)cc1.[Ca+2].[Na+].[O-]O. The number of ether oxygens (including phenoxy) is 2. The van der Waals surface area contributed by atoms with E-state index in [1.165, 1.54) is 0 Å². The van der Waals surface area contributed by atoms with Crippen molar-refractivity contribution in [3.8, 4) is 11.5 Å². The van der Waals surface area contributed by atoms with Crippen LogP contribution in [0.5, 0.6) is 11.5 Å². The minimum atomic E-state index is -4.26. The van der Waals surface area contributed by atoms with E-state index in [1.54, 1.807) is 0 Å². The number of benzene rings is 4. The Morgan fingerprint density at radius 1 is 0.644 bits per heavy atom. The summed E-state index contributed by atoms with van der Waals surface area (Å²) in [7, 11) is -4.26. The van der Waals surface area contributed by atoms with Crippen LogP contribution in [0.2, 0.25) is 0 Å². The van der Waals surface area contributed by atoms with Crippen LogP contribution in [0, 0.1) is 5.21 Å². The maximum Gasteiger partial charge on any atom is 2.00 e. The molecule has 45 heavy (non-hydrogen) atoms. The molecule has 9 nitrogen and oxygen atoms in total. The molecule has 3 N–H and O–H groups in total. The maximum absolute atomic E-state index is 10.8. The first-order valence-corrected chi connectivity index (χ1v) is 14.9. The van der Waals surface area contributed by atoms with Crippen molar-refractivity contribution >= 4 is 59.0 Å². The van der Waals surface area contributed by atoms with Gasteiger partial charge in [0.1, 0.15) is 11.5 Å². The van der Waals surface area contributed by atoms with E-state index in [1.807, 2.05) is 84.9 Å². The quantitative estimate of drug-likeness (QED) is 0.0501. The summed E-state index contributed by atoms with van der Waals surface area (Å²) in [5.74, 6) is 0.890. The molecule has 0 aliphatic carbocycles. The normalized spacial score (nSPS) is 10.8. The van der Waals surface area contributed by atoms with Gasteiger partial charge in [-0.15, -0.1) is 0 Å². The molecule has 12 heteroatoms. The first-order valence-electron chi connectivity index (χ1n) is 13.3. The zero-order valence-electron chi connectivity index (χ0n) is 24.6. The summed E-state index contributed by atoms with van der Waals surface area (Å²) < 4.78 is 44.0. The zero-order valence-corrected chi connectivity index (χ0v) is 29.7. The predicted molar refractivity (Wildman–Crippen MR) is 171 cm³/mol. The zero-order chi connectivity index (χ0) is 30.2. The molecule has 0 saturated heterocycles. The van der Waals surface area contributed by atoms with Gasteiger partial charge in [0, 0.05) is 12.2 Å². The number of hydrogen-bond donors (Lipinski definition) is 2. The Hall–Kier alpha value is -1.77. The van der Waals surface area contributed by atoms with E-state index in [4.69, 9.17) is 20.0 Å². The summed E-state index contributed by atoms with van der Waals surface area (Å²) >= 11 is 0. The molecule has 0 saturated carbocycles. The van der Waals surface area contributed by atoms with Gasteiger partial charge in [-0.1, -0.05) is 92.4 Å². The summed E-state index contributed by atoms with van der Waals surface area (Å²) in [6.07, 6.45) is 0.813. The standard InChI is InChI=1S/C32H33NO6S.CH4.Ca.Na.H2O2/c34-33-21-7-22-38-29-17-13-27(14-18-29)31(25-9-3-1-4-10-25)32(26-11-5-2-6-12-26)28-15-19-30(20-16-28)39-23-8-24-40(35,36)37;;;;1-2/h1-6,9-20H,7-8,21-24,33H2,(H,35,36,37);1H4;;;1-2H/q;;+2;+1;/p-2/b32-31+;;;;. The van der Waals surface area contributed by atoms with E-state index < -0.39 is 15.9 Å². The summed E-state index contributed by atoms with van der Waals surface area (Å²) in [5.41, 5.74) is 7.08. The largest absolute Gasteiger partial charge is 2.00 e. The third-order valence-corrected chi connectivity index (χ3v) is 6.99. The fourth-order valence-corrected chi connectivity index (χ4v) is 4.81. The van der Waals surface area contributed by atoms with Crippen molar-refractivity contribution in [1.29, 1.82) is 0 Å². The summed E-state index contributed by atoms with van der Waals surface area (Å²) in [6.45, 7) is 1.10. The van der Waals surface area contributed by atoms with E-state index in [9.17, 15) is 18.2 Å². The van der Waals surface area contributed by atoms with Gasteiger partial charge in [-0.25, -0.2) is 8.42 Å². The summed E-state index contributed by atoms with van der Waals surface area (Å²) in [6, 6.07) is 36.0. The molecule has 0 bridgehead atoms. The van der Waals surface area contributed by atoms with Crippen molar-refractivity contribution in [2.75, 3.05) is 25.5 Å². The van der Waals surface area contributed by atoms with Crippen molar-refractivity contribution < 1.29 is 68.0 Å². The molecule has 0 radical (unpaired) electrons. The molecule has 0 aliphatic heterocycles. The molecule has 0 aromatic heterocycles. The molecular weight excluding hydrogens is 633 g/mol. The maximum atomic E-state index is 10.8. The smallest absolute Gasteiger partial charge is 0.748 e. The molecule has 0 spiro atoms. The van der Waals surface area contributed by atoms with Gasteiger partial charge in [-0.2, -0.15) is 0 Å². The molecule has 230 valence electrons. The summed E-state index contributed by atoms with van der Waals surface area (Å²) in [4.78, 5) is 0. The van der Waals surface area contributed by atoms with Crippen LogP contribution >= 0.6 is 0 Å². The van der Waals surface area contributed by atoms with Crippen molar-refractivity contribution in [1.82, 2.24) is 0 Å². The molecule has 0 fully saturated rings. The second-order valence-electron chi connectivity index (χ2n) is 9.15. The van der Waals surface area contributed by atoms with E-state index in [0.29, 0.717) is 25.3 Å². The number of rotatable bonds is 14. The number of nitrogens with two attached hydrogens (primary N) is 1. The van der Waals surface area contributed by atoms with E-state index in [-0.39, 0.29) is 87.7 Å². The average molecular weight is 671 g/mol. The topological polar surface area (TPSA) is 159 Å². The Bertz CT molecular complexity index is 1490. The fourth-order valence-electron chi connectivity index (χ4n) is 4.34. The van der Waals surface area contributed by atoms with E-state index in [2.05, 4.69) is 24.3 Å². The van der Waals surface area contributed by atoms with Crippen LogP contribution in [-0.4, -0.2) is 81.5 Å². The molecular formula is C33H37CaNNaO8S+. The molecule has 0 atom stereocenters. The second kappa shape index (κ2) is 23.5. The van der Waals surface area contributed by atoms with Gasteiger partial charge in [0.05, 0.1) is 29.9 Å². The molecule has 4 rings (SSSR count). The van der Waals surface area contributed by atoms with Crippen LogP contribution in [0.3, 0.4) is 0 Å². The number of hydrogen-bond acceptors (Lipinski definition) is 8. The van der Waals surface area contributed by atoms with Crippen molar-refractivity contribution in [2.24, 2.45) is 0 Å². The van der Waals surface area contributed by atoms with Gasteiger partial charge in [-0.3, -0.25) is 0 Å². The molecule has 4 aromatic carbocycles. The Kier molecular flexibility index (Phi) is 22.6. The fraction of sp³-hybridized carbons (Fsp3) is 0.212. The third-order valence-electron chi connectivity index (χ3n) is 6.20. The molecule has 0 heterocycles. The molecule has 0 aliphatic rings. The first-order chi connectivity index (χ1) is 20.4. The first kappa shape index (κ1) is 43.2. The van der Waals surface area contributed by atoms with Crippen LogP contribution in [0.1, 0.15) is 42.5 Å². The molecule has 0 amide bonds. The third kappa shape index (κ3) is 14.7. The number of quaternary nitrogens is 1. The van der Waals surface area contributed by atoms with Gasteiger partial charge < -0.3 is 35.2 Å². The van der Waals surface area contributed by atoms with Crippen LogP contribution in [0.4, 0.5) is 0 Å². The van der Waals surface area contributed by atoms with Gasteiger partial charge in [0.2, 0.25) is 0 Å². The predicted octanol–water partition coefficient (Wildman–Crippen LogP) is 0.917. The van der Waals surface area contributed by atoms with Crippen LogP contribution < -0.4 is 49.8 Å². The second-order valence-corrected chi connectivity index (χ2v) is 10.7. The Morgan fingerprint density at radius 2 is 1.00 bits per heavy atom. The summed E-state index contributed by atoms with van der Waals surface area (Å²) in [5, 5.41) is 23.6. The number of hydroxylamine groups is 1. The average Bonchev–Trinajstić information content (AvgIpc) is 3.02. The van der Waals surface area contributed by atoms with Gasteiger partial charge in [0.15, 0.2) is 0 Å². The van der Waals surface area contributed by atoms with Crippen molar-refractivity contribution in [3.05, 3.63) is 137 Å². The van der Waals surface area contributed by atoms with Crippen LogP contribution in [-0.2, 0) is 10.1 Å². The Labute approximate surface area is 317 Å². The minimum absolute atomic E-state index is 0. The van der Waals surface area contributed by atoms with E-state index in [0.717, 1.165) is 44.6 Å². The van der Waals surface area contributed by atoms with E-state index >= 15 is 0 Å². The Balaban J connectivity index is 0.00000379. The Morgan fingerprint density at radius 3 is 1.36 bits per heavy atom. The van der Waals surface area contributed by atoms with Crippen molar-refractivity contribution in [3.63, 3.8) is 0 Å².